The van der Waals surface area contributed by atoms with Crippen molar-refractivity contribution in [1.82, 2.24) is 5.32 Å². The predicted octanol–water partition coefficient (Wildman–Crippen LogP) is 1.10. The molecule has 66 valence electrons. The van der Waals surface area contributed by atoms with Gasteiger partial charge in [0.15, 0.2) is 0 Å². The number of carboxylic acids is 1. The molecule has 0 aliphatic heterocycles. The Morgan fingerprint density at radius 3 is 1.73 bits per heavy atom. The van der Waals surface area contributed by atoms with Gasteiger partial charge in [0.2, 0.25) is 0 Å². The lowest BCUT2D eigenvalue weighted by molar-refractivity contribution is -0.151. The minimum Gasteiger partial charge on any atom is -0.481 e. The van der Waals surface area contributed by atoms with E-state index in [1.165, 1.54) is 0 Å². The molecule has 11 heavy (non-hydrogen) atoms. The molecule has 0 heterocycles. The summed E-state index contributed by atoms with van der Waals surface area (Å²) in [6.45, 7) is 7.18. The fraction of sp³-hybridized carbons (Fsp3) is 0.875. The van der Waals surface area contributed by atoms with Crippen molar-refractivity contribution in [3.05, 3.63) is 0 Å². The van der Waals surface area contributed by atoms with Crippen LogP contribution in [0, 0.1) is 5.41 Å². The first kappa shape index (κ1) is 10.4. The highest BCUT2D eigenvalue weighted by atomic mass is 16.4. The fourth-order valence-corrected chi connectivity index (χ4v) is 0.580. The monoisotopic (exact) mass is 159 g/mol. The van der Waals surface area contributed by atoms with Gasteiger partial charge in [-0.3, -0.25) is 4.79 Å². The van der Waals surface area contributed by atoms with Crippen LogP contribution in [-0.2, 0) is 4.79 Å². The third-order valence-electron chi connectivity index (χ3n) is 2.72. The second kappa shape index (κ2) is 2.81. The number of nitrogens with one attached hydrogen (secondary N) is 1. The van der Waals surface area contributed by atoms with Crippen molar-refractivity contribution in [3.8, 4) is 0 Å². The maximum atomic E-state index is 10.8. The summed E-state index contributed by atoms with van der Waals surface area (Å²) in [5.74, 6) is -0.781. The van der Waals surface area contributed by atoms with E-state index in [1.807, 2.05) is 13.8 Å². The molecule has 0 aliphatic rings. The van der Waals surface area contributed by atoms with Crippen molar-refractivity contribution in [1.29, 1.82) is 0 Å². The molecule has 3 nitrogen and oxygen atoms in total. The summed E-state index contributed by atoms with van der Waals surface area (Å²) < 4.78 is 0. The first-order valence-electron chi connectivity index (χ1n) is 3.68. The summed E-state index contributed by atoms with van der Waals surface area (Å²) in [7, 11) is 1.77. The lowest BCUT2D eigenvalue weighted by atomic mass is 9.75. The molecule has 0 amide bonds. The van der Waals surface area contributed by atoms with E-state index in [0.717, 1.165) is 0 Å². The molecule has 0 aromatic rings. The van der Waals surface area contributed by atoms with Crippen LogP contribution in [0.3, 0.4) is 0 Å². The van der Waals surface area contributed by atoms with E-state index in [1.54, 1.807) is 20.9 Å². The SMILES string of the molecule is CNC(C)(C)C(C)(C)C(=O)O. The van der Waals surface area contributed by atoms with Gasteiger partial charge in [-0.15, -0.1) is 0 Å². The van der Waals surface area contributed by atoms with Crippen molar-refractivity contribution in [2.24, 2.45) is 5.41 Å². The van der Waals surface area contributed by atoms with Crippen LogP contribution in [-0.4, -0.2) is 23.7 Å². The first-order valence-corrected chi connectivity index (χ1v) is 3.68. The van der Waals surface area contributed by atoms with E-state index >= 15 is 0 Å². The zero-order valence-corrected chi connectivity index (χ0v) is 7.86. The Morgan fingerprint density at radius 1 is 1.27 bits per heavy atom. The summed E-state index contributed by atoms with van der Waals surface area (Å²) in [5.41, 5.74) is -1.14. The van der Waals surface area contributed by atoms with Crippen LogP contribution < -0.4 is 5.32 Å². The first-order chi connectivity index (χ1) is 4.75. The third-order valence-corrected chi connectivity index (χ3v) is 2.72. The van der Waals surface area contributed by atoms with Gasteiger partial charge in [-0.2, -0.15) is 0 Å². The van der Waals surface area contributed by atoms with Crippen LogP contribution in [0.5, 0.6) is 0 Å². The van der Waals surface area contributed by atoms with Gasteiger partial charge in [-0.05, 0) is 34.7 Å². The van der Waals surface area contributed by atoms with Gasteiger partial charge in [-0.1, -0.05) is 0 Å². The van der Waals surface area contributed by atoms with Crippen LogP contribution >= 0.6 is 0 Å². The molecule has 0 spiro atoms. The van der Waals surface area contributed by atoms with E-state index < -0.39 is 16.9 Å². The van der Waals surface area contributed by atoms with Crippen molar-refractivity contribution in [2.45, 2.75) is 33.2 Å². The Kier molecular flexibility index (Phi) is 2.67. The van der Waals surface area contributed by atoms with Crippen LogP contribution in [0.1, 0.15) is 27.7 Å². The molecule has 0 bridgehead atoms. The topological polar surface area (TPSA) is 49.3 Å². The molecule has 0 fully saturated rings. The molecule has 2 N–H and O–H groups in total. The number of carboxylic acid groups (broad SMARTS) is 1. The second-order valence-electron chi connectivity index (χ2n) is 3.81. The van der Waals surface area contributed by atoms with Crippen molar-refractivity contribution in [2.75, 3.05) is 7.05 Å². The van der Waals surface area contributed by atoms with Crippen LogP contribution in [0.25, 0.3) is 0 Å². The summed E-state index contributed by atoms with van der Waals surface area (Å²) in [6, 6.07) is 0. The molecule has 0 radical (unpaired) electrons. The number of hydrogen-bond acceptors (Lipinski definition) is 2. The zero-order valence-electron chi connectivity index (χ0n) is 7.86. The lowest BCUT2D eigenvalue weighted by Gasteiger charge is -2.37. The van der Waals surface area contributed by atoms with Gasteiger partial charge in [-0.25, -0.2) is 0 Å². The van der Waals surface area contributed by atoms with Crippen LogP contribution in [0.15, 0.2) is 0 Å². The van der Waals surface area contributed by atoms with Crippen LogP contribution in [0.2, 0.25) is 0 Å². The molecule has 3 heteroatoms. The standard InChI is InChI=1S/C8H17NO2/c1-7(2,6(10)11)8(3,4)9-5/h9H,1-5H3,(H,10,11). The average Bonchev–Trinajstić information content (AvgIpc) is 1.87. The van der Waals surface area contributed by atoms with E-state index in [0.29, 0.717) is 0 Å². The molecule has 0 atom stereocenters. The highest BCUT2D eigenvalue weighted by molar-refractivity contribution is 5.75. The molecule has 0 unspecified atom stereocenters. The van der Waals surface area contributed by atoms with Gasteiger partial charge in [0.05, 0.1) is 5.41 Å². The summed E-state index contributed by atoms with van der Waals surface area (Å²) in [4.78, 5) is 10.8. The Hall–Kier alpha value is -0.570. The predicted molar refractivity (Wildman–Crippen MR) is 44.6 cm³/mol. The number of carbonyl (C=O) groups is 1. The number of aliphatic carboxylic acids is 1. The lowest BCUT2D eigenvalue weighted by Crippen LogP contribution is -2.53. The smallest absolute Gasteiger partial charge is 0.310 e. The zero-order chi connectivity index (χ0) is 9.28. The minimum absolute atomic E-state index is 0.390. The summed E-state index contributed by atoms with van der Waals surface area (Å²) >= 11 is 0. The quantitative estimate of drug-likeness (QED) is 0.648. The molecule has 0 saturated carbocycles. The van der Waals surface area contributed by atoms with E-state index in [9.17, 15) is 4.79 Å². The third kappa shape index (κ3) is 1.71. The Morgan fingerprint density at radius 2 is 1.64 bits per heavy atom. The van der Waals surface area contributed by atoms with Gasteiger partial charge >= 0.3 is 5.97 Å². The van der Waals surface area contributed by atoms with E-state index in [4.69, 9.17) is 5.11 Å². The second-order valence-corrected chi connectivity index (χ2v) is 3.81. The van der Waals surface area contributed by atoms with Crippen molar-refractivity contribution >= 4 is 5.97 Å². The molecule has 0 saturated heterocycles. The molecular weight excluding hydrogens is 142 g/mol. The Bertz CT molecular complexity index is 161. The normalized spacial score (nSPS) is 13.2. The minimum atomic E-state index is -0.781. The molecule has 0 rings (SSSR count). The molecule has 0 aromatic heterocycles. The Labute approximate surface area is 67.8 Å². The maximum Gasteiger partial charge on any atom is 0.310 e. The van der Waals surface area contributed by atoms with Gasteiger partial charge in [0, 0.05) is 5.54 Å². The maximum absolute atomic E-state index is 10.8. The highest BCUT2D eigenvalue weighted by Gasteiger charge is 2.42. The van der Waals surface area contributed by atoms with Gasteiger partial charge in [0.25, 0.3) is 0 Å². The largest absolute Gasteiger partial charge is 0.481 e. The summed E-state index contributed by atoms with van der Waals surface area (Å²) in [5, 5.41) is 11.9. The highest BCUT2D eigenvalue weighted by Crippen LogP contribution is 2.29. The average molecular weight is 159 g/mol. The van der Waals surface area contributed by atoms with Gasteiger partial charge in [0.1, 0.15) is 0 Å². The molecular formula is C8H17NO2. The van der Waals surface area contributed by atoms with Gasteiger partial charge < -0.3 is 10.4 Å². The molecule has 0 aliphatic carbocycles. The Balaban J connectivity index is 4.67. The van der Waals surface area contributed by atoms with Crippen molar-refractivity contribution < 1.29 is 9.90 Å². The fourth-order valence-electron chi connectivity index (χ4n) is 0.580. The molecule has 0 aromatic carbocycles. The van der Waals surface area contributed by atoms with Crippen molar-refractivity contribution in [3.63, 3.8) is 0 Å². The number of rotatable bonds is 3. The van der Waals surface area contributed by atoms with Crippen LogP contribution in [0.4, 0.5) is 0 Å². The van der Waals surface area contributed by atoms with E-state index in [-0.39, 0.29) is 0 Å². The number of hydrogen-bond donors (Lipinski definition) is 2. The summed E-state index contributed by atoms with van der Waals surface area (Å²) in [6.07, 6.45) is 0. The van der Waals surface area contributed by atoms with E-state index in [2.05, 4.69) is 5.32 Å².